The Morgan fingerprint density at radius 3 is 2.29 bits per heavy atom. The summed E-state index contributed by atoms with van der Waals surface area (Å²) in [6, 6.07) is -1.39. The van der Waals surface area contributed by atoms with Crippen molar-refractivity contribution in [1.82, 2.24) is 5.32 Å². The number of carbonyl (C=O) groups is 2. The number of nitrogens with one attached hydrogen (secondary N) is 1. The standard InChI is InChI=1S/C11H16Br3NO9/c12-11(13,14)8(20)15-5-3(17)1-10(23,9(21)22)24-7(5)6(19)4(18)2-16/h3-7,16-19,23H,1-2H2,(H,15,20)(H,21,22)/t3-,4+,5+,6+,7+,10?/m0/s1. The number of aliphatic hydroxyl groups is 5. The normalized spacial score (nSPS) is 33.6. The van der Waals surface area contributed by atoms with E-state index < -0.39 is 63.3 Å². The summed E-state index contributed by atoms with van der Waals surface area (Å²) in [5.74, 6) is -5.43. The van der Waals surface area contributed by atoms with E-state index >= 15 is 0 Å². The molecule has 0 saturated carbocycles. The Labute approximate surface area is 161 Å². The average molecular weight is 546 g/mol. The number of ether oxygens (including phenoxy) is 1. The lowest BCUT2D eigenvalue weighted by Crippen LogP contribution is -2.68. The van der Waals surface area contributed by atoms with Crippen LogP contribution < -0.4 is 5.32 Å². The highest BCUT2D eigenvalue weighted by molar-refractivity contribution is 9.40. The van der Waals surface area contributed by atoms with Crippen LogP contribution in [-0.4, -0.2) is 87.5 Å². The van der Waals surface area contributed by atoms with Crippen LogP contribution in [-0.2, 0) is 14.3 Å². The predicted molar refractivity (Wildman–Crippen MR) is 88.6 cm³/mol. The summed E-state index contributed by atoms with van der Waals surface area (Å²) in [5.41, 5.74) is 0. The van der Waals surface area contributed by atoms with Gasteiger partial charge in [0.25, 0.3) is 11.7 Å². The van der Waals surface area contributed by atoms with Crippen molar-refractivity contribution in [2.24, 2.45) is 0 Å². The summed E-state index contributed by atoms with van der Waals surface area (Å²) in [7, 11) is 0. The van der Waals surface area contributed by atoms with Crippen LogP contribution in [0.2, 0.25) is 0 Å². The van der Waals surface area contributed by atoms with Gasteiger partial charge in [-0.2, -0.15) is 0 Å². The van der Waals surface area contributed by atoms with Crippen molar-refractivity contribution in [3.63, 3.8) is 0 Å². The van der Waals surface area contributed by atoms with Gasteiger partial charge in [0.1, 0.15) is 18.3 Å². The van der Waals surface area contributed by atoms with Crippen LogP contribution in [0.5, 0.6) is 0 Å². The van der Waals surface area contributed by atoms with Crippen LogP contribution in [0.3, 0.4) is 0 Å². The zero-order valence-electron chi connectivity index (χ0n) is 11.8. The monoisotopic (exact) mass is 543 g/mol. The maximum Gasteiger partial charge on any atom is 0.364 e. The lowest BCUT2D eigenvalue weighted by Gasteiger charge is -2.45. The van der Waals surface area contributed by atoms with E-state index in [0.29, 0.717) is 0 Å². The number of carbonyl (C=O) groups excluding carboxylic acids is 1. The van der Waals surface area contributed by atoms with Crippen LogP contribution in [0.4, 0.5) is 0 Å². The van der Waals surface area contributed by atoms with Gasteiger partial charge in [-0.05, 0) is 47.8 Å². The molecule has 1 saturated heterocycles. The zero-order chi connectivity index (χ0) is 18.9. The van der Waals surface area contributed by atoms with E-state index in [0.717, 1.165) is 0 Å². The van der Waals surface area contributed by atoms with E-state index in [1.165, 1.54) is 0 Å². The molecule has 0 aromatic heterocycles. The molecule has 1 amide bonds. The smallest absolute Gasteiger partial charge is 0.364 e. The minimum absolute atomic E-state index is 0.772. The first kappa shape index (κ1) is 22.2. The molecule has 1 unspecified atom stereocenters. The minimum atomic E-state index is -2.84. The summed E-state index contributed by atoms with van der Waals surface area (Å²) in [6.07, 6.45) is -7.83. The SMILES string of the molecule is O=C(N[C@H]1[C@H]([C@H](O)[C@H](O)CO)OC(O)(C(=O)O)C[C@@H]1O)C(Br)(Br)Br. The lowest BCUT2D eigenvalue weighted by atomic mass is 9.88. The molecule has 140 valence electrons. The number of amides is 1. The van der Waals surface area contributed by atoms with Gasteiger partial charge >= 0.3 is 5.97 Å². The van der Waals surface area contributed by atoms with Crippen LogP contribution in [0.1, 0.15) is 6.42 Å². The Balaban J connectivity index is 3.13. The molecule has 1 fully saturated rings. The number of hydrogen-bond donors (Lipinski definition) is 7. The molecule has 0 aromatic rings. The molecule has 1 aliphatic heterocycles. The molecule has 10 nitrogen and oxygen atoms in total. The van der Waals surface area contributed by atoms with Crippen molar-refractivity contribution >= 4 is 59.7 Å². The van der Waals surface area contributed by atoms with E-state index in [9.17, 15) is 30.0 Å². The minimum Gasteiger partial charge on any atom is -0.477 e. The molecule has 0 aliphatic carbocycles. The summed E-state index contributed by atoms with van der Waals surface area (Å²) in [6.45, 7) is -0.900. The Hall–Kier alpha value is 0.140. The number of hydrogen-bond acceptors (Lipinski definition) is 8. The summed E-state index contributed by atoms with van der Waals surface area (Å²) < 4.78 is 3.51. The fourth-order valence-corrected chi connectivity index (χ4v) is 2.48. The first-order valence-corrected chi connectivity index (χ1v) is 8.87. The Morgan fingerprint density at radius 1 is 1.33 bits per heavy atom. The third-order valence-corrected chi connectivity index (χ3v) is 4.47. The van der Waals surface area contributed by atoms with Crippen LogP contribution in [0.25, 0.3) is 0 Å². The van der Waals surface area contributed by atoms with Gasteiger partial charge < -0.3 is 40.7 Å². The fraction of sp³-hybridized carbons (Fsp3) is 0.818. The Morgan fingerprint density at radius 2 is 1.88 bits per heavy atom. The summed E-state index contributed by atoms with van der Waals surface area (Å²) >= 11 is 8.82. The van der Waals surface area contributed by atoms with Crippen LogP contribution in [0.15, 0.2) is 0 Å². The van der Waals surface area contributed by atoms with Crippen molar-refractivity contribution in [2.45, 2.75) is 44.8 Å². The lowest BCUT2D eigenvalue weighted by molar-refractivity contribution is -0.295. The summed E-state index contributed by atoms with van der Waals surface area (Å²) in [4.78, 5) is 23.1. The van der Waals surface area contributed by atoms with E-state index in [1.54, 1.807) is 0 Å². The second-order valence-corrected chi connectivity index (χ2v) is 11.9. The van der Waals surface area contributed by atoms with Gasteiger partial charge in [-0.3, -0.25) is 4.79 Å². The van der Waals surface area contributed by atoms with Crippen molar-refractivity contribution < 1.29 is 45.0 Å². The molecule has 6 atom stereocenters. The molecule has 0 radical (unpaired) electrons. The van der Waals surface area contributed by atoms with Gasteiger partial charge in [0, 0.05) is 6.42 Å². The van der Waals surface area contributed by atoms with Gasteiger partial charge in [-0.15, -0.1) is 0 Å². The Bertz CT molecular complexity index is 488. The molecule has 7 N–H and O–H groups in total. The largest absolute Gasteiger partial charge is 0.477 e. The molecule has 13 heteroatoms. The van der Waals surface area contributed by atoms with Gasteiger partial charge in [-0.1, -0.05) is 0 Å². The van der Waals surface area contributed by atoms with Crippen LogP contribution in [0, 0.1) is 0 Å². The first-order chi connectivity index (χ1) is 10.8. The quantitative estimate of drug-likeness (QED) is 0.192. The van der Waals surface area contributed by atoms with Crippen molar-refractivity contribution in [2.75, 3.05) is 6.61 Å². The molecule has 1 rings (SSSR count). The number of halogens is 3. The number of aliphatic carboxylic acids is 1. The van der Waals surface area contributed by atoms with E-state index in [4.69, 9.17) is 14.9 Å². The molecule has 1 heterocycles. The third-order valence-electron chi connectivity index (χ3n) is 3.39. The number of aliphatic hydroxyl groups excluding tert-OH is 4. The van der Waals surface area contributed by atoms with E-state index in [1.807, 2.05) is 0 Å². The van der Waals surface area contributed by atoms with Crippen molar-refractivity contribution in [3.8, 4) is 0 Å². The predicted octanol–water partition coefficient (Wildman–Crippen LogP) is -2.05. The van der Waals surface area contributed by atoms with Crippen molar-refractivity contribution in [1.29, 1.82) is 0 Å². The molecular weight excluding hydrogens is 530 g/mol. The third kappa shape index (κ3) is 5.08. The number of carboxylic acids is 1. The number of rotatable bonds is 5. The van der Waals surface area contributed by atoms with Crippen LogP contribution >= 0.6 is 47.8 Å². The maximum absolute atomic E-state index is 12.0. The van der Waals surface area contributed by atoms with E-state index in [2.05, 4.69) is 53.1 Å². The highest BCUT2D eigenvalue weighted by Gasteiger charge is 2.54. The molecular formula is C11H16Br3NO9. The van der Waals surface area contributed by atoms with E-state index in [-0.39, 0.29) is 0 Å². The molecule has 0 spiro atoms. The highest BCUT2D eigenvalue weighted by Crippen LogP contribution is 2.35. The van der Waals surface area contributed by atoms with Gasteiger partial charge in [-0.25, -0.2) is 4.79 Å². The Kier molecular flexibility index (Phi) is 7.60. The topological polar surface area (TPSA) is 177 Å². The van der Waals surface area contributed by atoms with Crippen molar-refractivity contribution in [3.05, 3.63) is 0 Å². The fourth-order valence-electron chi connectivity index (χ4n) is 2.13. The van der Waals surface area contributed by atoms with Gasteiger partial charge in [0.15, 0.2) is 0 Å². The molecule has 0 bridgehead atoms. The summed E-state index contributed by atoms with van der Waals surface area (Å²) in [5, 5.41) is 59.9. The zero-order valence-corrected chi connectivity index (χ0v) is 16.6. The first-order valence-electron chi connectivity index (χ1n) is 6.50. The van der Waals surface area contributed by atoms with Gasteiger partial charge in [0.2, 0.25) is 2.14 Å². The second kappa shape index (κ2) is 8.22. The maximum atomic E-state index is 12.0. The second-order valence-electron chi connectivity index (χ2n) is 5.18. The highest BCUT2D eigenvalue weighted by atomic mass is 80.0. The number of alkyl halides is 3. The average Bonchev–Trinajstić information content (AvgIpc) is 2.46. The van der Waals surface area contributed by atoms with Gasteiger partial charge in [0.05, 0.1) is 18.8 Å². The molecule has 0 aromatic carbocycles. The molecule has 1 aliphatic rings. The number of carboxylic acid groups (broad SMARTS) is 1. The molecule has 24 heavy (non-hydrogen) atoms.